The van der Waals surface area contributed by atoms with E-state index < -0.39 is 24.5 Å². The highest BCUT2D eigenvalue weighted by Crippen LogP contribution is 2.27. The average Bonchev–Trinajstić information content (AvgIpc) is 3.17. The fraction of sp³-hybridized carbons (Fsp3) is 0.455. The Morgan fingerprint density at radius 1 is 1.23 bits per heavy atom. The van der Waals surface area contributed by atoms with Gasteiger partial charge in [-0.1, -0.05) is 37.1 Å². The summed E-state index contributed by atoms with van der Waals surface area (Å²) in [5.74, 6) is 0.279. The number of rotatable bonds is 7. The van der Waals surface area contributed by atoms with Crippen molar-refractivity contribution in [1.29, 1.82) is 0 Å². The molecule has 0 radical (unpaired) electrons. The Balaban J connectivity index is 1.47. The van der Waals surface area contributed by atoms with Gasteiger partial charge in [0.05, 0.1) is 17.0 Å². The lowest BCUT2D eigenvalue weighted by Gasteiger charge is -2.29. The SMILES string of the molecule is Cc1cc(CSc2ccccc2C(=O)OCC(=O)NC(=O)NC2CCCCC2C)on1. The summed E-state index contributed by atoms with van der Waals surface area (Å²) in [7, 11) is 0. The molecular weight excluding hydrogens is 418 g/mol. The number of esters is 1. The predicted molar refractivity (Wildman–Crippen MR) is 116 cm³/mol. The van der Waals surface area contributed by atoms with Crippen LogP contribution in [0.15, 0.2) is 39.8 Å². The van der Waals surface area contributed by atoms with Gasteiger partial charge in [0.1, 0.15) is 5.76 Å². The summed E-state index contributed by atoms with van der Waals surface area (Å²) >= 11 is 1.41. The lowest BCUT2D eigenvalue weighted by atomic mass is 9.86. The van der Waals surface area contributed by atoms with E-state index in [0.29, 0.717) is 27.9 Å². The highest BCUT2D eigenvalue weighted by atomic mass is 32.2. The van der Waals surface area contributed by atoms with Crippen molar-refractivity contribution in [1.82, 2.24) is 15.8 Å². The lowest BCUT2D eigenvalue weighted by molar-refractivity contribution is -0.123. The van der Waals surface area contributed by atoms with Gasteiger partial charge in [0.15, 0.2) is 6.61 Å². The standard InChI is InChI=1S/C22H27N3O5S/c1-14-7-3-5-9-18(14)23-22(28)24-20(26)12-29-21(27)17-8-4-6-10-19(17)31-13-16-11-15(2)25-30-16/h4,6,8,10-11,14,18H,3,5,7,9,12-13H2,1-2H3,(H2,23,24,26,28). The van der Waals surface area contributed by atoms with Gasteiger partial charge in [0.25, 0.3) is 5.91 Å². The van der Waals surface area contributed by atoms with Crippen molar-refractivity contribution in [3.63, 3.8) is 0 Å². The summed E-state index contributed by atoms with van der Waals surface area (Å²) in [5, 5.41) is 8.90. The number of aryl methyl sites for hydroxylation is 1. The van der Waals surface area contributed by atoms with E-state index in [-0.39, 0.29) is 6.04 Å². The number of amides is 3. The predicted octanol–water partition coefficient (Wildman–Crippen LogP) is 3.84. The molecule has 0 spiro atoms. The number of nitrogens with zero attached hydrogens (tertiary/aromatic N) is 1. The van der Waals surface area contributed by atoms with Gasteiger partial charge in [-0.2, -0.15) is 0 Å². The molecule has 0 saturated heterocycles. The van der Waals surface area contributed by atoms with Crippen LogP contribution in [0.3, 0.4) is 0 Å². The van der Waals surface area contributed by atoms with Crippen LogP contribution in [-0.2, 0) is 15.3 Å². The molecule has 2 atom stereocenters. The molecule has 31 heavy (non-hydrogen) atoms. The second-order valence-corrected chi connectivity index (χ2v) is 8.70. The quantitative estimate of drug-likeness (QED) is 0.492. The number of carbonyl (C=O) groups is 3. The monoisotopic (exact) mass is 445 g/mol. The average molecular weight is 446 g/mol. The number of imide groups is 1. The lowest BCUT2D eigenvalue weighted by Crippen LogP contribution is -2.48. The van der Waals surface area contributed by atoms with Crippen LogP contribution < -0.4 is 10.6 Å². The van der Waals surface area contributed by atoms with Crippen LogP contribution in [0.2, 0.25) is 0 Å². The number of ether oxygens (including phenoxy) is 1. The highest BCUT2D eigenvalue weighted by Gasteiger charge is 2.23. The minimum atomic E-state index is -0.670. The van der Waals surface area contributed by atoms with Gasteiger partial charge in [0.2, 0.25) is 0 Å². The van der Waals surface area contributed by atoms with Gasteiger partial charge < -0.3 is 14.6 Å². The van der Waals surface area contributed by atoms with E-state index in [9.17, 15) is 14.4 Å². The van der Waals surface area contributed by atoms with Crippen molar-refractivity contribution in [2.24, 2.45) is 5.92 Å². The zero-order chi connectivity index (χ0) is 22.2. The summed E-state index contributed by atoms with van der Waals surface area (Å²) in [4.78, 5) is 37.3. The molecule has 166 valence electrons. The van der Waals surface area contributed by atoms with Gasteiger partial charge in [0, 0.05) is 17.0 Å². The molecule has 2 unspecified atom stereocenters. The van der Waals surface area contributed by atoms with Crippen molar-refractivity contribution >= 4 is 29.7 Å². The molecule has 1 aliphatic rings. The Hall–Kier alpha value is -2.81. The van der Waals surface area contributed by atoms with E-state index in [1.165, 1.54) is 11.8 Å². The molecule has 0 aliphatic heterocycles. The molecule has 3 rings (SSSR count). The van der Waals surface area contributed by atoms with E-state index in [4.69, 9.17) is 9.26 Å². The molecule has 9 heteroatoms. The number of thioether (sulfide) groups is 1. The van der Waals surface area contributed by atoms with Crippen molar-refractivity contribution in [2.45, 2.75) is 56.2 Å². The summed E-state index contributed by atoms with van der Waals surface area (Å²) in [6, 6.07) is 8.29. The van der Waals surface area contributed by atoms with E-state index in [1.54, 1.807) is 18.2 Å². The Kier molecular flexibility index (Phi) is 8.11. The number of benzene rings is 1. The smallest absolute Gasteiger partial charge is 0.339 e. The van der Waals surface area contributed by atoms with Crippen molar-refractivity contribution in [3.8, 4) is 0 Å². The first kappa shape index (κ1) is 22.9. The van der Waals surface area contributed by atoms with Crippen LogP contribution in [0.4, 0.5) is 4.79 Å². The van der Waals surface area contributed by atoms with Crippen LogP contribution >= 0.6 is 11.8 Å². The fourth-order valence-electron chi connectivity index (χ4n) is 3.50. The molecule has 3 amide bonds. The Labute approximate surface area is 185 Å². The maximum atomic E-state index is 12.5. The van der Waals surface area contributed by atoms with Crippen molar-refractivity contribution in [2.75, 3.05) is 6.61 Å². The summed E-state index contributed by atoms with van der Waals surface area (Å²) in [6.07, 6.45) is 4.19. The first-order valence-corrected chi connectivity index (χ1v) is 11.3. The van der Waals surface area contributed by atoms with Crippen LogP contribution in [0.1, 0.15) is 54.4 Å². The van der Waals surface area contributed by atoms with Gasteiger partial charge in [-0.25, -0.2) is 9.59 Å². The van der Waals surface area contributed by atoms with Crippen molar-refractivity contribution in [3.05, 3.63) is 47.3 Å². The van der Waals surface area contributed by atoms with Crippen LogP contribution in [0.5, 0.6) is 0 Å². The molecule has 1 saturated carbocycles. The molecule has 2 N–H and O–H groups in total. The first-order chi connectivity index (χ1) is 14.9. The number of urea groups is 1. The Morgan fingerprint density at radius 2 is 2.00 bits per heavy atom. The van der Waals surface area contributed by atoms with Crippen molar-refractivity contribution < 1.29 is 23.6 Å². The number of hydrogen-bond donors (Lipinski definition) is 2. The van der Waals surface area contributed by atoms with E-state index in [0.717, 1.165) is 31.4 Å². The van der Waals surface area contributed by atoms with Gasteiger partial charge >= 0.3 is 12.0 Å². The van der Waals surface area contributed by atoms with Gasteiger partial charge in [-0.05, 0) is 37.8 Å². The van der Waals surface area contributed by atoms with Gasteiger partial charge in [-0.15, -0.1) is 11.8 Å². The highest BCUT2D eigenvalue weighted by molar-refractivity contribution is 7.98. The topological polar surface area (TPSA) is 111 Å². The molecule has 1 heterocycles. The van der Waals surface area contributed by atoms with E-state index >= 15 is 0 Å². The molecule has 1 aliphatic carbocycles. The minimum absolute atomic E-state index is 0.0566. The number of carbonyl (C=O) groups excluding carboxylic acids is 3. The normalized spacial score (nSPS) is 18.3. The Bertz CT molecular complexity index is 929. The third-order valence-electron chi connectivity index (χ3n) is 5.17. The molecule has 8 nitrogen and oxygen atoms in total. The Morgan fingerprint density at radius 3 is 2.74 bits per heavy atom. The zero-order valence-electron chi connectivity index (χ0n) is 17.7. The second kappa shape index (κ2) is 11.0. The van der Waals surface area contributed by atoms with Crippen LogP contribution in [0, 0.1) is 12.8 Å². The summed E-state index contributed by atoms with van der Waals surface area (Å²) in [5.41, 5.74) is 1.13. The maximum Gasteiger partial charge on any atom is 0.339 e. The number of aromatic nitrogens is 1. The third-order valence-corrected chi connectivity index (χ3v) is 6.26. The van der Waals surface area contributed by atoms with E-state index in [1.807, 2.05) is 19.1 Å². The molecule has 1 aromatic heterocycles. The van der Waals surface area contributed by atoms with E-state index in [2.05, 4.69) is 22.7 Å². The summed E-state index contributed by atoms with van der Waals surface area (Å²) < 4.78 is 10.3. The minimum Gasteiger partial charge on any atom is -0.452 e. The molecule has 1 fully saturated rings. The number of hydrogen-bond acceptors (Lipinski definition) is 7. The van der Waals surface area contributed by atoms with Crippen LogP contribution in [-0.4, -0.2) is 35.7 Å². The maximum absolute atomic E-state index is 12.5. The summed E-state index contributed by atoms with van der Waals surface area (Å²) in [6.45, 7) is 3.39. The third kappa shape index (κ3) is 6.85. The molecule has 1 aromatic carbocycles. The first-order valence-electron chi connectivity index (χ1n) is 10.3. The molecule has 0 bridgehead atoms. The van der Waals surface area contributed by atoms with Gasteiger partial charge in [-0.3, -0.25) is 10.1 Å². The number of nitrogens with one attached hydrogen (secondary N) is 2. The molecular formula is C22H27N3O5S. The second-order valence-electron chi connectivity index (χ2n) is 7.69. The largest absolute Gasteiger partial charge is 0.452 e. The van der Waals surface area contributed by atoms with Crippen LogP contribution in [0.25, 0.3) is 0 Å². The molecule has 2 aromatic rings. The fourth-order valence-corrected chi connectivity index (χ4v) is 4.42. The zero-order valence-corrected chi connectivity index (χ0v) is 18.5.